The lowest BCUT2D eigenvalue weighted by Crippen LogP contribution is -2.32. The van der Waals surface area contributed by atoms with Gasteiger partial charge in [0.15, 0.2) is 0 Å². The van der Waals surface area contributed by atoms with Crippen LogP contribution in [0.15, 0.2) is 24.3 Å². The molecule has 0 aliphatic rings. The number of rotatable bonds is 3. The summed E-state index contributed by atoms with van der Waals surface area (Å²) in [6.07, 6.45) is 0. The second kappa shape index (κ2) is 5.98. The van der Waals surface area contributed by atoms with E-state index in [0.717, 1.165) is 11.0 Å². The average molecular weight is 292 g/mol. The number of benzene rings is 1. The number of halogens is 2. The van der Waals surface area contributed by atoms with Crippen LogP contribution in [-0.2, 0) is 0 Å². The van der Waals surface area contributed by atoms with Crippen molar-refractivity contribution >= 4 is 39.2 Å². The third-order valence-corrected chi connectivity index (χ3v) is 2.47. The Morgan fingerprint density at radius 1 is 1.47 bits per heavy atom. The van der Waals surface area contributed by atoms with Crippen LogP contribution in [0.5, 0.6) is 0 Å². The van der Waals surface area contributed by atoms with Gasteiger partial charge < -0.3 is 10.2 Å². The second-order valence-electron chi connectivity index (χ2n) is 3.05. The molecular formula is C10H12BrClN2O. The first kappa shape index (κ1) is 12.3. The molecule has 0 heterocycles. The standard InChI is InChI=1S/C10H12BrClN2O/c1-14(7-6-11)10(15)13-9-4-2-8(12)3-5-9/h2-5H,6-7H2,1H3,(H,13,15). The highest BCUT2D eigenvalue weighted by atomic mass is 79.9. The van der Waals surface area contributed by atoms with Crippen LogP contribution in [0.25, 0.3) is 0 Å². The molecule has 0 bridgehead atoms. The molecule has 0 aliphatic heterocycles. The predicted molar refractivity (Wildman–Crippen MR) is 66.9 cm³/mol. The Bertz CT molecular complexity index is 329. The number of amides is 2. The summed E-state index contributed by atoms with van der Waals surface area (Å²) in [5, 5.41) is 4.18. The van der Waals surface area contributed by atoms with E-state index in [1.807, 2.05) is 0 Å². The molecule has 1 aromatic carbocycles. The van der Waals surface area contributed by atoms with Gasteiger partial charge in [-0.15, -0.1) is 0 Å². The van der Waals surface area contributed by atoms with E-state index in [4.69, 9.17) is 11.6 Å². The fourth-order valence-electron chi connectivity index (χ4n) is 0.980. The van der Waals surface area contributed by atoms with Crippen LogP contribution >= 0.6 is 27.5 Å². The monoisotopic (exact) mass is 290 g/mol. The van der Waals surface area contributed by atoms with Gasteiger partial charge in [0.25, 0.3) is 0 Å². The molecule has 0 spiro atoms. The van der Waals surface area contributed by atoms with Gasteiger partial charge >= 0.3 is 6.03 Å². The van der Waals surface area contributed by atoms with Gasteiger partial charge in [-0.3, -0.25) is 0 Å². The summed E-state index contributed by atoms with van der Waals surface area (Å²) < 4.78 is 0. The van der Waals surface area contributed by atoms with Gasteiger partial charge in [-0.05, 0) is 24.3 Å². The Morgan fingerprint density at radius 3 is 2.60 bits per heavy atom. The zero-order chi connectivity index (χ0) is 11.3. The SMILES string of the molecule is CN(CCBr)C(=O)Nc1ccc(Cl)cc1. The molecule has 0 aromatic heterocycles. The lowest BCUT2D eigenvalue weighted by Gasteiger charge is -2.16. The summed E-state index contributed by atoms with van der Waals surface area (Å²) in [6, 6.07) is 6.88. The zero-order valence-corrected chi connectivity index (χ0v) is 10.7. The smallest absolute Gasteiger partial charge is 0.321 e. The van der Waals surface area contributed by atoms with E-state index in [9.17, 15) is 4.79 Å². The van der Waals surface area contributed by atoms with Crippen LogP contribution in [0.1, 0.15) is 0 Å². The van der Waals surface area contributed by atoms with Crippen LogP contribution in [0, 0.1) is 0 Å². The summed E-state index contributed by atoms with van der Waals surface area (Å²) in [7, 11) is 1.74. The van der Waals surface area contributed by atoms with Crippen molar-refractivity contribution in [1.82, 2.24) is 4.90 Å². The first-order valence-corrected chi connectivity index (χ1v) is 5.97. The fraction of sp³-hybridized carbons (Fsp3) is 0.300. The molecule has 15 heavy (non-hydrogen) atoms. The van der Waals surface area contributed by atoms with Crippen molar-refractivity contribution in [2.45, 2.75) is 0 Å². The van der Waals surface area contributed by atoms with E-state index in [1.165, 1.54) is 0 Å². The number of nitrogens with zero attached hydrogens (tertiary/aromatic N) is 1. The van der Waals surface area contributed by atoms with E-state index in [2.05, 4.69) is 21.2 Å². The van der Waals surface area contributed by atoms with Crippen LogP contribution < -0.4 is 5.32 Å². The lowest BCUT2D eigenvalue weighted by molar-refractivity contribution is 0.225. The first-order chi connectivity index (χ1) is 7.13. The highest BCUT2D eigenvalue weighted by molar-refractivity contribution is 9.09. The van der Waals surface area contributed by atoms with Crippen molar-refractivity contribution in [3.8, 4) is 0 Å². The van der Waals surface area contributed by atoms with Gasteiger partial charge in [-0.1, -0.05) is 27.5 Å². The van der Waals surface area contributed by atoms with Crippen LogP contribution in [0.3, 0.4) is 0 Å². The highest BCUT2D eigenvalue weighted by Crippen LogP contribution is 2.13. The number of hydrogen-bond acceptors (Lipinski definition) is 1. The van der Waals surface area contributed by atoms with Gasteiger partial charge in [-0.25, -0.2) is 4.79 Å². The van der Waals surface area contributed by atoms with Gasteiger partial charge in [0.2, 0.25) is 0 Å². The minimum absolute atomic E-state index is 0.128. The average Bonchev–Trinajstić information content (AvgIpc) is 2.22. The van der Waals surface area contributed by atoms with Gasteiger partial charge in [0.05, 0.1) is 0 Å². The Morgan fingerprint density at radius 2 is 2.07 bits per heavy atom. The van der Waals surface area contributed by atoms with E-state index in [-0.39, 0.29) is 6.03 Å². The minimum atomic E-state index is -0.128. The molecule has 0 radical (unpaired) electrons. The van der Waals surface area contributed by atoms with Crippen molar-refractivity contribution in [3.05, 3.63) is 29.3 Å². The molecular weight excluding hydrogens is 279 g/mol. The Balaban J connectivity index is 2.54. The molecule has 1 aromatic rings. The topological polar surface area (TPSA) is 32.3 Å². The molecule has 0 unspecified atom stereocenters. The first-order valence-electron chi connectivity index (χ1n) is 4.47. The minimum Gasteiger partial charge on any atom is -0.327 e. The maximum Gasteiger partial charge on any atom is 0.321 e. The molecule has 82 valence electrons. The maximum absolute atomic E-state index is 11.5. The number of urea groups is 1. The summed E-state index contributed by atoms with van der Waals surface area (Å²) >= 11 is 9.01. The van der Waals surface area contributed by atoms with E-state index in [0.29, 0.717) is 11.6 Å². The van der Waals surface area contributed by atoms with E-state index < -0.39 is 0 Å². The number of carbonyl (C=O) groups is 1. The molecule has 2 amide bonds. The normalized spacial score (nSPS) is 9.80. The van der Waals surface area contributed by atoms with E-state index in [1.54, 1.807) is 36.2 Å². The number of anilines is 1. The third-order valence-electron chi connectivity index (χ3n) is 1.86. The van der Waals surface area contributed by atoms with Gasteiger partial charge in [0.1, 0.15) is 0 Å². The number of alkyl halides is 1. The summed E-state index contributed by atoms with van der Waals surface area (Å²) in [5.74, 6) is 0. The summed E-state index contributed by atoms with van der Waals surface area (Å²) in [6.45, 7) is 0.666. The molecule has 0 saturated carbocycles. The van der Waals surface area contributed by atoms with Crippen LogP contribution in [-0.4, -0.2) is 29.9 Å². The summed E-state index contributed by atoms with van der Waals surface area (Å²) in [4.78, 5) is 13.1. The molecule has 5 heteroatoms. The van der Waals surface area contributed by atoms with Crippen molar-refractivity contribution in [2.75, 3.05) is 24.2 Å². The molecule has 0 atom stereocenters. The summed E-state index contributed by atoms with van der Waals surface area (Å²) in [5.41, 5.74) is 0.742. The number of hydrogen-bond donors (Lipinski definition) is 1. The zero-order valence-electron chi connectivity index (χ0n) is 8.34. The molecule has 0 saturated heterocycles. The number of carbonyl (C=O) groups excluding carboxylic acids is 1. The van der Waals surface area contributed by atoms with Crippen LogP contribution in [0.2, 0.25) is 5.02 Å². The fourth-order valence-corrected chi connectivity index (χ4v) is 1.64. The van der Waals surface area contributed by atoms with Gasteiger partial charge in [-0.2, -0.15) is 0 Å². The molecule has 0 aliphatic carbocycles. The Kier molecular flexibility index (Phi) is 4.91. The Hall–Kier alpha value is -0.740. The second-order valence-corrected chi connectivity index (χ2v) is 4.28. The molecule has 3 nitrogen and oxygen atoms in total. The van der Waals surface area contributed by atoms with Crippen LogP contribution in [0.4, 0.5) is 10.5 Å². The van der Waals surface area contributed by atoms with Gasteiger partial charge in [0, 0.05) is 29.6 Å². The maximum atomic E-state index is 11.5. The van der Waals surface area contributed by atoms with Crippen molar-refractivity contribution < 1.29 is 4.79 Å². The lowest BCUT2D eigenvalue weighted by atomic mass is 10.3. The van der Waals surface area contributed by atoms with Crippen molar-refractivity contribution in [1.29, 1.82) is 0 Å². The largest absolute Gasteiger partial charge is 0.327 e. The predicted octanol–water partition coefficient (Wildman–Crippen LogP) is 3.20. The van der Waals surface area contributed by atoms with Crippen molar-refractivity contribution in [3.63, 3.8) is 0 Å². The Labute approximate surface area is 103 Å². The quantitative estimate of drug-likeness (QED) is 0.852. The van der Waals surface area contributed by atoms with Crippen molar-refractivity contribution in [2.24, 2.45) is 0 Å². The molecule has 0 fully saturated rings. The number of nitrogens with one attached hydrogen (secondary N) is 1. The molecule has 1 rings (SSSR count). The molecule has 1 N–H and O–H groups in total. The third kappa shape index (κ3) is 4.10. The van der Waals surface area contributed by atoms with E-state index >= 15 is 0 Å². The highest BCUT2D eigenvalue weighted by Gasteiger charge is 2.06.